The molecule has 3 aromatic rings. The van der Waals surface area contributed by atoms with Crippen LogP contribution in [0.5, 0.6) is 5.75 Å². The van der Waals surface area contributed by atoms with Gasteiger partial charge in [0.05, 0.1) is 4.88 Å². The molecule has 1 unspecified atom stereocenters. The quantitative estimate of drug-likeness (QED) is 0.516. The van der Waals surface area contributed by atoms with Crippen LogP contribution in [0.3, 0.4) is 0 Å². The van der Waals surface area contributed by atoms with E-state index < -0.39 is 12.0 Å². The van der Waals surface area contributed by atoms with Crippen molar-refractivity contribution < 1.29 is 28.0 Å². The van der Waals surface area contributed by atoms with Crippen molar-refractivity contribution in [2.24, 2.45) is 5.92 Å². The number of hydrogen-bond acceptors (Lipinski definition) is 8. The number of hydrogen-bond donors (Lipinski definition) is 1. The number of aromatic nitrogens is 2. The van der Waals surface area contributed by atoms with Crippen molar-refractivity contribution in [2.45, 2.75) is 33.1 Å². The van der Waals surface area contributed by atoms with Crippen LogP contribution < -0.4 is 10.1 Å². The van der Waals surface area contributed by atoms with Crippen molar-refractivity contribution in [1.82, 2.24) is 15.5 Å². The van der Waals surface area contributed by atoms with Gasteiger partial charge in [-0.3, -0.25) is 4.79 Å². The highest BCUT2D eigenvalue weighted by Gasteiger charge is 2.27. The van der Waals surface area contributed by atoms with E-state index in [9.17, 15) is 14.0 Å². The van der Waals surface area contributed by atoms with Gasteiger partial charge >= 0.3 is 5.97 Å². The summed E-state index contributed by atoms with van der Waals surface area (Å²) < 4.78 is 28.6. The molecule has 2 heterocycles. The van der Waals surface area contributed by atoms with Crippen LogP contribution >= 0.6 is 11.3 Å². The molecule has 0 spiro atoms. The van der Waals surface area contributed by atoms with Crippen molar-refractivity contribution in [2.75, 3.05) is 0 Å². The van der Waals surface area contributed by atoms with E-state index in [0.717, 1.165) is 0 Å². The lowest BCUT2D eigenvalue weighted by molar-refractivity contribution is -0.149. The van der Waals surface area contributed by atoms with E-state index >= 15 is 0 Å². The molecule has 1 N–H and O–H groups in total. The van der Waals surface area contributed by atoms with Crippen molar-refractivity contribution in [3.05, 3.63) is 64.2 Å². The Labute approximate surface area is 176 Å². The monoisotopic (exact) mass is 433 g/mol. The van der Waals surface area contributed by atoms with Crippen molar-refractivity contribution in [3.63, 3.8) is 0 Å². The Morgan fingerprint density at radius 2 is 1.97 bits per heavy atom. The molecule has 0 aliphatic heterocycles. The molecule has 0 fully saturated rings. The minimum absolute atomic E-state index is 0.00850. The molecular formula is C20H20FN3O5S. The zero-order chi connectivity index (χ0) is 21.5. The molecular weight excluding hydrogens is 413 g/mol. The standard InChI is InChI=1S/C20H20FN3O5S/c1-12(2)18(23-19(25)15-4-3-9-30-15)20(26)28-11-17-22-16(24-29-17)10-27-14-7-5-13(21)6-8-14/h3-9,12,18H,10-11H2,1-2H3,(H,23,25). The van der Waals surface area contributed by atoms with E-state index in [1.165, 1.54) is 35.6 Å². The lowest BCUT2D eigenvalue weighted by Crippen LogP contribution is -2.45. The van der Waals surface area contributed by atoms with E-state index in [-0.39, 0.29) is 42.6 Å². The van der Waals surface area contributed by atoms with Gasteiger partial charge in [0.1, 0.15) is 17.6 Å². The summed E-state index contributed by atoms with van der Waals surface area (Å²) in [4.78, 5) is 29.2. The summed E-state index contributed by atoms with van der Waals surface area (Å²) in [6.07, 6.45) is 0. The first kappa shape index (κ1) is 21.4. The van der Waals surface area contributed by atoms with Crippen molar-refractivity contribution in [1.29, 1.82) is 0 Å². The lowest BCUT2D eigenvalue weighted by atomic mass is 10.0. The zero-order valence-electron chi connectivity index (χ0n) is 16.3. The first-order chi connectivity index (χ1) is 14.4. The molecule has 0 aliphatic carbocycles. The second-order valence-corrected chi connectivity index (χ2v) is 7.57. The fraction of sp³-hybridized carbons (Fsp3) is 0.300. The third kappa shape index (κ3) is 5.86. The van der Waals surface area contributed by atoms with Gasteiger partial charge in [-0.15, -0.1) is 11.3 Å². The average Bonchev–Trinajstić information content (AvgIpc) is 3.41. The summed E-state index contributed by atoms with van der Waals surface area (Å²) in [6.45, 7) is 3.38. The number of carbonyl (C=O) groups is 2. The molecule has 0 bridgehead atoms. The summed E-state index contributed by atoms with van der Waals surface area (Å²) >= 11 is 1.29. The Kier molecular flexibility index (Phi) is 7.12. The smallest absolute Gasteiger partial charge is 0.329 e. The van der Waals surface area contributed by atoms with E-state index in [4.69, 9.17) is 14.0 Å². The fourth-order valence-corrected chi connectivity index (χ4v) is 3.05. The Hall–Kier alpha value is -3.27. The van der Waals surface area contributed by atoms with Gasteiger partial charge in [0.25, 0.3) is 11.8 Å². The van der Waals surface area contributed by atoms with Crippen LogP contribution in [0.25, 0.3) is 0 Å². The molecule has 3 rings (SSSR count). The summed E-state index contributed by atoms with van der Waals surface area (Å²) in [5.41, 5.74) is 0. The maximum atomic E-state index is 12.9. The highest BCUT2D eigenvalue weighted by molar-refractivity contribution is 7.12. The van der Waals surface area contributed by atoms with Gasteiger partial charge in [-0.05, 0) is 41.6 Å². The third-order valence-electron chi connectivity index (χ3n) is 3.98. The van der Waals surface area contributed by atoms with Gasteiger partial charge < -0.3 is 19.3 Å². The second-order valence-electron chi connectivity index (χ2n) is 6.63. The number of nitrogens with one attached hydrogen (secondary N) is 1. The summed E-state index contributed by atoms with van der Waals surface area (Å²) in [6, 6.07) is 8.14. The second kappa shape index (κ2) is 9.97. The molecule has 158 valence electrons. The molecule has 8 nitrogen and oxygen atoms in total. The molecule has 1 amide bonds. The maximum absolute atomic E-state index is 12.9. The van der Waals surface area contributed by atoms with Crippen LogP contribution in [-0.2, 0) is 22.7 Å². The van der Waals surface area contributed by atoms with Crippen LogP contribution in [-0.4, -0.2) is 28.1 Å². The highest BCUT2D eigenvalue weighted by Crippen LogP contribution is 2.14. The number of rotatable bonds is 9. The fourth-order valence-electron chi connectivity index (χ4n) is 2.43. The number of ether oxygens (including phenoxy) is 2. The Morgan fingerprint density at radius 3 is 2.63 bits per heavy atom. The van der Waals surface area contributed by atoms with Crippen LogP contribution in [0.15, 0.2) is 46.3 Å². The van der Waals surface area contributed by atoms with E-state index in [1.807, 2.05) is 0 Å². The van der Waals surface area contributed by atoms with Gasteiger partial charge in [0, 0.05) is 0 Å². The molecule has 0 saturated heterocycles. The minimum atomic E-state index is -0.816. The summed E-state index contributed by atoms with van der Waals surface area (Å²) in [5.74, 6) is -0.683. The van der Waals surface area contributed by atoms with E-state index in [2.05, 4.69) is 15.5 Å². The maximum Gasteiger partial charge on any atom is 0.329 e. The number of benzene rings is 1. The molecule has 30 heavy (non-hydrogen) atoms. The number of carbonyl (C=O) groups excluding carboxylic acids is 2. The SMILES string of the molecule is CC(C)C(NC(=O)c1cccs1)C(=O)OCc1nc(COc2ccc(F)cc2)no1. The molecule has 0 saturated carbocycles. The molecule has 10 heteroatoms. The predicted octanol–water partition coefficient (Wildman–Crippen LogP) is 3.35. The number of nitrogens with zero attached hydrogens (tertiary/aromatic N) is 2. The Balaban J connectivity index is 1.50. The van der Waals surface area contributed by atoms with Crippen LogP contribution in [0.1, 0.15) is 35.2 Å². The van der Waals surface area contributed by atoms with Gasteiger partial charge in [-0.1, -0.05) is 25.1 Å². The molecule has 1 atom stereocenters. The molecule has 0 radical (unpaired) electrons. The van der Waals surface area contributed by atoms with Crippen LogP contribution in [0, 0.1) is 11.7 Å². The summed E-state index contributed by atoms with van der Waals surface area (Å²) in [5, 5.41) is 8.21. The first-order valence-corrected chi connectivity index (χ1v) is 10.0. The highest BCUT2D eigenvalue weighted by atomic mass is 32.1. The Morgan fingerprint density at radius 1 is 1.20 bits per heavy atom. The minimum Gasteiger partial charge on any atom is -0.485 e. The topological polar surface area (TPSA) is 104 Å². The normalized spacial score (nSPS) is 11.9. The van der Waals surface area contributed by atoms with Crippen LogP contribution in [0.2, 0.25) is 0 Å². The molecule has 0 aliphatic rings. The largest absolute Gasteiger partial charge is 0.485 e. The zero-order valence-corrected chi connectivity index (χ0v) is 17.1. The molecule has 1 aromatic carbocycles. The summed E-state index contributed by atoms with van der Waals surface area (Å²) in [7, 11) is 0. The first-order valence-electron chi connectivity index (χ1n) is 9.13. The number of amides is 1. The van der Waals surface area contributed by atoms with E-state index in [0.29, 0.717) is 10.6 Å². The predicted molar refractivity (Wildman–Crippen MR) is 105 cm³/mol. The number of thiophene rings is 1. The van der Waals surface area contributed by atoms with Gasteiger partial charge in [0.15, 0.2) is 13.2 Å². The van der Waals surface area contributed by atoms with Crippen LogP contribution in [0.4, 0.5) is 4.39 Å². The van der Waals surface area contributed by atoms with Crippen molar-refractivity contribution >= 4 is 23.2 Å². The number of esters is 1. The van der Waals surface area contributed by atoms with Gasteiger partial charge in [-0.25, -0.2) is 9.18 Å². The van der Waals surface area contributed by atoms with Gasteiger partial charge in [0.2, 0.25) is 5.82 Å². The van der Waals surface area contributed by atoms with Crippen molar-refractivity contribution in [3.8, 4) is 5.75 Å². The average molecular weight is 433 g/mol. The lowest BCUT2D eigenvalue weighted by Gasteiger charge is -2.20. The van der Waals surface area contributed by atoms with E-state index in [1.54, 1.807) is 31.4 Å². The Bertz CT molecular complexity index is 973. The molecule has 2 aromatic heterocycles. The number of halogens is 1. The van der Waals surface area contributed by atoms with Gasteiger partial charge in [-0.2, -0.15) is 4.98 Å². The third-order valence-corrected chi connectivity index (χ3v) is 4.85.